The summed E-state index contributed by atoms with van der Waals surface area (Å²) < 4.78 is 6.56. The van der Waals surface area contributed by atoms with E-state index >= 15 is 0 Å². The van der Waals surface area contributed by atoms with Gasteiger partial charge in [0.1, 0.15) is 11.5 Å². The van der Waals surface area contributed by atoms with Crippen molar-refractivity contribution < 1.29 is 4.74 Å². The quantitative estimate of drug-likeness (QED) is 0.284. The highest BCUT2D eigenvalue weighted by Gasteiger charge is 2.39. The smallest absolute Gasteiger partial charge is 0.133 e. The minimum absolute atomic E-state index is 0.144. The van der Waals surface area contributed by atoms with E-state index in [1.807, 2.05) is 0 Å². The van der Waals surface area contributed by atoms with Gasteiger partial charge in [-0.3, -0.25) is 0 Å². The first-order valence-corrected chi connectivity index (χ1v) is 11.5. The molecule has 0 bridgehead atoms. The molecule has 2 aliphatic heterocycles. The van der Waals surface area contributed by atoms with E-state index in [1.165, 1.54) is 49.6 Å². The Hall–Kier alpha value is -3.78. The van der Waals surface area contributed by atoms with Gasteiger partial charge in [-0.05, 0) is 57.8 Å². The van der Waals surface area contributed by atoms with E-state index in [9.17, 15) is 0 Å². The third-order valence-electron chi connectivity index (χ3n) is 7.04. The minimum atomic E-state index is 0.144. The van der Waals surface area contributed by atoms with Crippen LogP contribution in [0, 0.1) is 0 Å². The maximum Gasteiger partial charge on any atom is 0.133 e. The lowest BCUT2D eigenvalue weighted by Gasteiger charge is -2.42. The number of anilines is 2. The lowest BCUT2D eigenvalue weighted by Crippen LogP contribution is -2.28. The summed E-state index contributed by atoms with van der Waals surface area (Å²) >= 11 is 0. The Labute approximate surface area is 187 Å². The Balaban J connectivity index is 1.66. The van der Waals surface area contributed by atoms with Gasteiger partial charge in [0.15, 0.2) is 0 Å². The van der Waals surface area contributed by atoms with Crippen molar-refractivity contribution in [1.29, 1.82) is 0 Å². The highest BCUT2D eigenvalue weighted by molar-refractivity contribution is 5.99. The lowest BCUT2D eigenvalue weighted by atomic mass is 9.75. The average Bonchev–Trinajstić information content (AvgIpc) is 2.85. The monoisotopic (exact) mass is 413 g/mol. The molecular formula is C30H23NO. The normalized spacial score (nSPS) is 15.8. The van der Waals surface area contributed by atoms with Crippen molar-refractivity contribution in [3.63, 3.8) is 0 Å². The standard InChI is InChI=1S/C30H23NO/c1-2-18-31-23-12-7-13-25-29(23)30(27-21-10-5-3-8-19(21)14-16-24(27)31)28-22-11-6-4-9-20(22)15-17-26(28)32-25/h3-17,30H,2,18H2,1H3/t30-/m1/s1. The zero-order chi connectivity index (χ0) is 21.2. The highest BCUT2D eigenvalue weighted by atomic mass is 16.5. The summed E-state index contributed by atoms with van der Waals surface area (Å²) in [7, 11) is 0. The Morgan fingerprint density at radius 2 is 1.28 bits per heavy atom. The lowest BCUT2D eigenvalue weighted by molar-refractivity contribution is 0.454. The van der Waals surface area contributed by atoms with Crippen molar-refractivity contribution in [2.45, 2.75) is 19.3 Å². The van der Waals surface area contributed by atoms with Crippen LogP contribution in [-0.4, -0.2) is 6.54 Å². The molecule has 0 aromatic heterocycles. The third-order valence-corrected chi connectivity index (χ3v) is 7.04. The number of nitrogens with zero attached hydrogens (tertiary/aromatic N) is 1. The Bertz CT molecular complexity index is 1530. The molecule has 2 aliphatic rings. The van der Waals surface area contributed by atoms with E-state index in [-0.39, 0.29) is 5.92 Å². The molecule has 0 radical (unpaired) electrons. The fourth-order valence-corrected chi connectivity index (χ4v) is 5.78. The summed E-state index contributed by atoms with van der Waals surface area (Å²) in [5.41, 5.74) is 6.58. The SMILES string of the molecule is CCCN1c2cccc3c2[C@@H](c2c(ccc4ccccc24)O3)c2c1ccc1ccccc21. The molecule has 0 amide bonds. The summed E-state index contributed by atoms with van der Waals surface area (Å²) in [5, 5.41) is 5.15. The van der Waals surface area contributed by atoms with Gasteiger partial charge in [0.25, 0.3) is 0 Å². The fourth-order valence-electron chi connectivity index (χ4n) is 5.78. The van der Waals surface area contributed by atoms with Gasteiger partial charge >= 0.3 is 0 Å². The van der Waals surface area contributed by atoms with Crippen molar-refractivity contribution in [1.82, 2.24) is 0 Å². The molecule has 2 heterocycles. The average molecular weight is 414 g/mol. The molecule has 5 aromatic carbocycles. The number of fused-ring (bicyclic) bond motifs is 8. The predicted molar refractivity (Wildman–Crippen MR) is 133 cm³/mol. The van der Waals surface area contributed by atoms with E-state index in [0.717, 1.165) is 24.5 Å². The maximum absolute atomic E-state index is 6.56. The Morgan fingerprint density at radius 1 is 0.625 bits per heavy atom. The van der Waals surface area contributed by atoms with Crippen LogP contribution >= 0.6 is 0 Å². The largest absolute Gasteiger partial charge is 0.457 e. The summed E-state index contributed by atoms with van der Waals surface area (Å²) in [5.74, 6) is 2.10. The molecule has 32 heavy (non-hydrogen) atoms. The van der Waals surface area contributed by atoms with Gasteiger partial charge in [-0.25, -0.2) is 0 Å². The second-order valence-electron chi connectivity index (χ2n) is 8.79. The second-order valence-corrected chi connectivity index (χ2v) is 8.79. The van der Waals surface area contributed by atoms with Crippen molar-refractivity contribution in [3.8, 4) is 11.5 Å². The molecule has 7 rings (SSSR count). The number of benzene rings is 5. The van der Waals surface area contributed by atoms with Gasteiger partial charge in [0.2, 0.25) is 0 Å². The van der Waals surface area contributed by atoms with Crippen molar-refractivity contribution in [2.24, 2.45) is 0 Å². The van der Waals surface area contributed by atoms with Crippen LogP contribution in [0.5, 0.6) is 11.5 Å². The fraction of sp³-hybridized carbons (Fsp3) is 0.133. The maximum atomic E-state index is 6.56. The van der Waals surface area contributed by atoms with E-state index in [4.69, 9.17) is 4.74 Å². The van der Waals surface area contributed by atoms with Gasteiger partial charge < -0.3 is 9.64 Å². The topological polar surface area (TPSA) is 12.5 Å². The van der Waals surface area contributed by atoms with Crippen molar-refractivity contribution in [3.05, 3.63) is 108 Å². The van der Waals surface area contributed by atoms with Crippen LogP contribution in [0.25, 0.3) is 21.5 Å². The van der Waals surface area contributed by atoms with Gasteiger partial charge in [0, 0.05) is 35.0 Å². The highest BCUT2D eigenvalue weighted by Crippen LogP contribution is 2.59. The van der Waals surface area contributed by atoms with E-state index in [0.29, 0.717) is 0 Å². The van der Waals surface area contributed by atoms with Gasteiger partial charge in [-0.1, -0.05) is 73.7 Å². The van der Waals surface area contributed by atoms with E-state index in [2.05, 4.69) is 103 Å². The molecule has 154 valence electrons. The Kier molecular flexibility index (Phi) is 3.69. The number of ether oxygens (including phenoxy) is 1. The first-order chi connectivity index (χ1) is 15.8. The minimum Gasteiger partial charge on any atom is -0.457 e. The molecule has 1 atom stereocenters. The summed E-state index contributed by atoms with van der Waals surface area (Å²) in [6.07, 6.45) is 1.08. The Morgan fingerprint density at radius 3 is 2.06 bits per heavy atom. The van der Waals surface area contributed by atoms with Crippen LogP contribution in [0.2, 0.25) is 0 Å². The second kappa shape index (κ2) is 6.61. The first kappa shape index (κ1) is 17.9. The van der Waals surface area contributed by atoms with Gasteiger partial charge in [-0.2, -0.15) is 0 Å². The molecule has 2 nitrogen and oxygen atoms in total. The predicted octanol–water partition coefficient (Wildman–Crippen LogP) is 8.14. The number of rotatable bonds is 2. The molecule has 0 unspecified atom stereocenters. The van der Waals surface area contributed by atoms with E-state index < -0.39 is 0 Å². The molecule has 2 heteroatoms. The first-order valence-electron chi connectivity index (χ1n) is 11.5. The number of hydrogen-bond donors (Lipinski definition) is 0. The van der Waals surface area contributed by atoms with Crippen molar-refractivity contribution >= 4 is 32.9 Å². The molecule has 0 N–H and O–H groups in total. The zero-order valence-electron chi connectivity index (χ0n) is 18.0. The van der Waals surface area contributed by atoms with Gasteiger partial charge in [0.05, 0.1) is 0 Å². The molecular weight excluding hydrogens is 390 g/mol. The van der Waals surface area contributed by atoms with Crippen LogP contribution in [-0.2, 0) is 0 Å². The van der Waals surface area contributed by atoms with Crippen LogP contribution in [0.3, 0.4) is 0 Å². The van der Waals surface area contributed by atoms with Crippen LogP contribution in [0.15, 0.2) is 91.0 Å². The third kappa shape index (κ3) is 2.30. The summed E-state index contributed by atoms with van der Waals surface area (Å²) in [6.45, 7) is 3.23. The van der Waals surface area contributed by atoms with Gasteiger partial charge in [-0.15, -0.1) is 0 Å². The van der Waals surface area contributed by atoms with Crippen LogP contribution in [0.4, 0.5) is 11.4 Å². The zero-order valence-corrected chi connectivity index (χ0v) is 18.0. The van der Waals surface area contributed by atoms with E-state index in [1.54, 1.807) is 0 Å². The number of hydrogen-bond acceptors (Lipinski definition) is 2. The molecule has 0 saturated carbocycles. The molecule has 0 fully saturated rings. The molecule has 5 aromatic rings. The van der Waals surface area contributed by atoms with Crippen molar-refractivity contribution in [2.75, 3.05) is 11.4 Å². The molecule has 0 spiro atoms. The molecule has 0 aliphatic carbocycles. The molecule has 0 saturated heterocycles. The summed E-state index contributed by atoms with van der Waals surface area (Å²) in [6, 6.07) is 33.0. The summed E-state index contributed by atoms with van der Waals surface area (Å²) in [4.78, 5) is 2.50. The van der Waals surface area contributed by atoms with Crippen LogP contribution < -0.4 is 9.64 Å². The van der Waals surface area contributed by atoms with Crippen LogP contribution in [0.1, 0.15) is 36.0 Å².